The van der Waals surface area contributed by atoms with Crippen LogP contribution in [0.15, 0.2) is 51.8 Å². The van der Waals surface area contributed by atoms with Gasteiger partial charge in [-0.05, 0) is 18.2 Å². The van der Waals surface area contributed by atoms with E-state index < -0.39 is 0 Å². The molecule has 0 radical (unpaired) electrons. The van der Waals surface area contributed by atoms with Gasteiger partial charge >= 0.3 is 0 Å². The van der Waals surface area contributed by atoms with Crippen molar-refractivity contribution in [3.8, 4) is 11.3 Å². The average molecular weight is 269 g/mol. The Balaban J connectivity index is 1.89. The van der Waals surface area contributed by atoms with Crippen LogP contribution in [0, 0.1) is 5.41 Å². The molecule has 0 atom stereocenters. The number of rotatable bonds is 2. The fourth-order valence-corrected chi connectivity index (χ4v) is 2.72. The fourth-order valence-electron chi connectivity index (χ4n) is 1.89. The van der Waals surface area contributed by atoms with Crippen molar-refractivity contribution in [3.63, 3.8) is 0 Å². The predicted molar refractivity (Wildman–Crippen MR) is 77.1 cm³/mol. The number of carbonyl (C=O) groups excluding carboxylic acids is 1. The molecule has 1 saturated heterocycles. The Bertz CT molecular complexity index is 670. The molecule has 19 heavy (non-hydrogen) atoms. The Morgan fingerprint density at radius 3 is 2.63 bits per heavy atom. The molecule has 4 heteroatoms. The summed E-state index contributed by atoms with van der Waals surface area (Å²) in [4.78, 5) is 12.2. The summed E-state index contributed by atoms with van der Waals surface area (Å²) in [5.74, 6) is 1.41. The van der Waals surface area contributed by atoms with Crippen LogP contribution >= 0.6 is 11.8 Å². The van der Waals surface area contributed by atoms with Crippen LogP contribution in [0.1, 0.15) is 12.2 Å². The summed E-state index contributed by atoms with van der Waals surface area (Å²) >= 11 is 1.21. The molecular formula is C15H11NO2S. The molecule has 1 aliphatic heterocycles. The van der Waals surface area contributed by atoms with Gasteiger partial charge < -0.3 is 4.42 Å². The van der Waals surface area contributed by atoms with Gasteiger partial charge in [0.05, 0.1) is 16.4 Å². The van der Waals surface area contributed by atoms with E-state index in [1.54, 1.807) is 6.08 Å². The second-order valence-corrected chi connectivity index (χ2v) is 5.34. The van der Waals surface area contributed by atoms with Gasteiger partial charge in [-0.25, -0.2) is 0 Å². The third kappa shape index (κ3) is 2.53. The normalized spacial score (nSPS) is 17.4. The molecule has 3 rings (SSSR count). The van der Waals surface area contributed by atoms with Crippen molar-refractivity contribution in [2.24, 2.45) is 0 Å². The second-order valence-electron chi connectivity index (χ2n) is 4.20. The first-order valence-electron chi connectivity index (χ1n) is 5.88. The van der Waals surface area contributed by atoms with E-state index in [0.29, 0.717) is 15.7 Å². The van der Waals surface area contributed by atoms with Crippen LogP contribution in [0.5, 0.6) is 0 Å². The van der Waals surface area contributed by atoms with Crippen molar-refractivity contribution >= 4 is 28.7 Å². The number of hydrogen-bond acceptors (Lipinski definition) is 4. The minimum Gasteiger partial charge on any atom is -0.457 e. The Hall–Kier alpha value is -2.07. The molecule has 1 aromatic heterocycles. The van der Waals surface area contributed by atoms with Crippen molar-refractivity contribution in [1.29, 1.82) is 5.41 Å². The van der Waals surface area contributed by atoms with E-state index in [-0.39, 0.29) is 12.2 Å². The molecule has 1 N–H and O–H groups in total. The first kappa shape index (κ1) is 12.0. The Morgan fingerprint density at radius 2 is 1.95 bits per heavy atom. The third-order valence-electron chi connectivity index (χ3n) is 2.79. The van der Waals surface area contributed by atoms with Gasteiger partial charge in [0.1, 0.15) is 11.5 Å². The number of benzene rings is 1. The highest BCUT2D eigenvalue weighted by Crippen LogP contribution is 2.32. The molecule has 0 amide bonds. The first-order chi connectivity index (χ1) is 9.22. The Kier molecular flexibility index (Phi) is 3.09. The zero-order valence-electron chi connectivity index (χ0n) is 10.1. The monoisotopic (exact) mass is 269 g/mol. The van der Waals surface area contributed by atoms with Crippen molar-refractivity contribution in [1.82, 2.24) is 0 Å². The molecule has 2 heterocycles. The number of Topliss-reactive ketones (excluding diaryl/α,β-unsaturated/α-hetero) is 1. The van der Waals surface area contributed by atoms with Gasteiger partial charge in [-0.1, -0.05) is 42.1 Å². The van der Waals surface area contributed by atoms with Crippen molar-refractivity contribution in [2.45, 2.75) is 6.42 Å². The zero-order chi connectivity index (χ0) is 13.2. The number of furan rings is 1. The maximum absolute atomic E-state index is 11.6. The van der Waals surface area contributed by atoms with Gasteiger partial charge in [0, 0.05) is 5.56 Å². The molecule has 3 nitrogen and oxygen atoms in total. The van der Waals surface area contributed by atoms with Gasteiger partial charge in [0.15, 0.2) is 5.78 Å². The summed E-state index contributed by atoms with van der Waals surface area (Å²) in [6, 6.07) is 13.5. The molecule has 1 aromatic carbocycles. The Morgan fingerprint density at radius 1 is 1.16 bits per heavy atom. The molecule has 1 fully saturated rings. The van der Waals surface area contributed by atoms with E-state index in [9.17, 15) is 4.79 Å². The van der Waals surface area contributed by atoms with E-state index in [1.165, 1.54) is 11.8 Å². The summed E-state index contributed by atoms with van der Waals surface area (Å²) in [5, 5.41) is 7.88. The molecule has 2 aromatic rings. The standard InChI is InChI=1S/C15H11NO2S/c16-15-9-12(17)14(19-15)8-11-6-7-13(18-11)10-4-2-1-3-5-10/h1-8,16H,9H2/b14-8-,16-15?. The lowest BCUT2D eigenvalue weighted by atomic mass is 10.2. The van der Waals surface area contributed by atoms with E-state index >= 15 is 0 Å². The summed E-state index contributed by atoms with van der Waals surface area (Å²) in [5.41, 5.74) is 1.00. The molecule has 0 unspecified atom stereocenters. The molecular weight excluding hydrogens is 258 g/mol. The van der Waals surface area contributed by atoms with Crippen molar-refractivity contribution in [3.05, 3.63) is 53.1 Å². The van der Waals surface area contributed by atoms with Crippen LogP contribution in [0.2, 0.25) is 0 Å². The summed E-state index contributed by atoms with van der Waals surface area (Å²) in [6.07, 6.45) is 1.92. The number of hydrogen-bond donors (Lipinski definition) is 1. The van der Waals surface area contributed by atoms with Crippen LogP contribution in [0.3, 0.4) is 0 Å². The predicted octanol–water partition coefficient (Wildman–Crippen LogP) is 3.97. The number of nitrogens with one attached hydrogen (secondary N) is 1. The number of allylic oxidation sites excluding steroid dienone is 1. The number of thioether (sulfide) groups is 1. The summed E-state index contributed by atoms with van der Waals surface area (Å²) in [7, 11) is 0. The van der Waals surface area contributed by atoms with E-state index in [2.05, 4.69) is 0 Å². The van der Waals surface area contributed by atoms with Crippen LogP contribution in [0.25, 0.3) is 17.4 Å². The third-order valence-corrected chi connectivity index (χ3v) is 3.74. The van der Waals surface area contributed by atoms with Crippen LogP contribution < -0.4 is 0 Å². The fraction of sp³-hybridized carbons (Fsp3) is 0.0667. The number of carbonyl (C=O) groups is 1. The quantitative estimate of drug-likeness (QED) is 0.839. The molecule has 0 bridgehead atoms. The molecule has 1 aliphatic rings. The summed E-state index contributed by atoms with van der Waals surface area (Å²) in [6.45, 7) is 0. The largest absolute Gasteiger partial charge is 0.457 e. The lowest BCUT2D eigenvalue weighted by Gasteiger charge is -1.95. The zero-order valence-corrected chi connectivity index (χ0v) is 10.9. The summed E-state index contributed by atoms with van der Waals surface area (Å²) < 4.78 is 5.70. The highest BCUT2D eigenvalue weighted by molar-refractivity contribution is 8.18. The minimum absolute atomic E-state index is 0.00680. The highest BCUT2D eigenvalue weighted by Gasteiger charge is 2.23. The lowest BCUT2D eigenvalue weighted by Crippen LogP contribution is -1.91. The Labute approximate surface area is 114 Å². The van der Waals surface area contributed by atoms with Crippen LogP contribution in [0.4, 0.5) is 0 Å². The molecule has 0 aliphatic carbocycles. The lowest BCUT2D eigenvalue weighted by molar-refractivity contribution is -0.113. The maximum Gasteiger partial charge on any atom is 0.176 e. The molecule has 94 valence electrons. The smallest absolute Gasteiger partial charge is 0.176 e. The van der Waals surface area contributed by atoms with Crippen molar-refractivity contribution in [2.75, 3.05) is 0 Å². The van der Waals surface area contributed by atoms with Gasteiger partial charge in [-0.3, -0.25) is 10.2 Å². The SMILES string of the molecule is N=C1CC(=O)/C(=C/c2ccc(-c3ccccc3)o2)S1. The second kappa shape index (κ2) is 4.90. The maximum atomic E-state index is 11.6. The topological polar surface area (TPSA) is 54.1 Å². The van der Waals surface area contributed by atoms with Crippen LogP contribution in [-0.2, 0) is 4.79 Å². The molecule has 0 saturated carbocycles. The van der Waals surface area contributed by atoms with E-state index in [4.69, 9.17) is 9.83 Å². The van der Waals surface area contributed by atoms with Crippen molar-refractivity contribution < 1.29 is 9.21 Å². The van der Waals surface area contributed by atoms with Gasteiger partial charge in [-0.15, -0.1) is 0 Å². The van der Waals surface area contributed by atoms with Gasteiger partial charge in [-0.2, -0.15) is 0 Å². The highest BCUT2D eigenvalue weighted by atomic mass is 32.2. The average Bonchev–Trinajstić information content (AvgIpc) is 2.99. The van der Waals surface area contributed by atoms with Crippen LogP contribution in [-0.4, -0.2) is 10.8 Å². The number of ketones is 1. The van der Waals surface area contributed by atoms with E-state index in [1.807, 2.05) is 42.5 Å². The van der Waals surface area contributed by atoms with E-state index in [0.717, 1.165) is 11.3 Å². The van der Waals surface area contributed by atoms with Gasteiger partial charge in [0.2, 0.25) is 0 Å². The first-order valence-corrected chi connectivity index (χ1v) is 6.69. The van der Waals surface area contributed by atoms with Gasteiger partial charge in [0.25, 0.3) is 0 Å². The molecule has 0 spiro atoms. The minimum atomic E-state index is -0.00680.